The van der Waals surface area contributed by atoms with Gasteiger partial charge in [0.15, 0.2) is 0 Å². The monoisotopic (exact) mass is 379 g/mol. The number of ether oxygens (including phenoxy) is 1. The molecule has 0 aliphatic rings. The van der Waals surface area contributed by atoms with Gasteiger partial charge in [0.25, 0.3) is 0 Å². The molecule has 0 bridgehead atoms. The molecule has 0 amide bonds. The van der Waals surface area contributed by atoms with E-state index in [-0.39, 0.29) is 17.8 Å². The largest absolute Gasteiger partial charge is 0.505 e. The van der Waals surface area contributed by atoms with Crippen LogP contribution in [0.15, 0.2) is 43.0 Å². The second kappa shape index (κ2) is 7.46. The maximum absolute atomic E-state index is 11.3. The molecule has 0 aliphatic heterocycles. The van der Waals surface area contributed by atoms with Gasteiger partial charge in [-0.3, -0.25) is 0 Å². The third kappa shape index (κ3) is 4.06. The molecule has 0 saturated heterocycles. The molecule has 6 heteroatoms. The first-order valence-corrected chi connectivity index (χ1v) is 9.18. The fourth-order valence-electron chi connectivity index (χ4n) is 3.01. The van der Waals surface area contributed by atoms with E-state index in [4.69, 9.17) is 4.74 Å². The molecule has 0 aliphatic carbocycles. The number of hydrogen-bond acceptors (Lipinski definition) is 5. The first kappa shape index (κ1) is 19.6. The predicted molar refractivity (Wildman–Crippen MR) is 109 cm³/mol. The van der Waals surface area contributed by atoms with E-state index in [0.717, 1.165) is 33.8 Å². The predicted octanol–water partition coefficient (Wildman–Crippen LogP) is 4.00. The van der Waals surface area contributed by atoms with Crippen LogP contribution in [0.25, 0.3) is 16.7 Å². The van der Waals surface area contributed by atoms with Crippen molar-refractivity contribution in [1.82, 2.24) is 15.0 Å². The second-order valence-electron chi connectivity index (χ2n) is 7.86. The van der Waals surface area contributed by atoms with Gasteiger partial charge in [0.05, 0.1) is 6.61 Å². The fourth-order valence-corrected chi connectivity index (χ4v) is 3.01. The summed E-state index contributed by atoms with van der Waals surface area (Å²) < 4.78 is 5.10. The molecule has 1 N–H and O–H groups in total. The number of aryl methyl sites for hydroxylation is 1. The molecule has 0 saturated carbocycles. The smallest absolute Gasteiger partial charge is 0.330 e. The van der Waals surface area contributed by atoms with E-state index in [1.165, 1.54) is 4.80 Å². The summed E-state index contributed by atoms with van der Waals surface area (Å²) in [4.78, 5) is 12.8. The van der Waals surface area contributed by atoms with Crippen LogP contribution in [0.2, 0.25) is 0 Å². The normalized spacial score (nSPS) is 11.6. The standard InChI is InChI=1S/C22H25N3O3/c1-6-20(26)28-10-9-15-12-16(22(3,4)5)21(27)19(13-15)25-23-17-8-7-14(2)11-18(17)24-25/h6-8,11-13,27H,1,9-10H2,2-5H3. The highest BCUT2D eigenvalue weighted by molar-refractivity contribution is 5.81. The lowest BCUT2D eigenvalue weighted by atomic mass is 9.84. The Hall–Kier alpha value is -3.15. The minimum atomic E-state index is -0.453. The minimum Gasteiger partial charge on any atom is -0.505 e. The Kier molecular flexibility index (Phi) is 5.23. The Morgan fingerprint density at radius 3 is 2.61 bits per heavy atom. The van der Waals surface area contributed by atoms with Gasteiger partial charge >= 0.3 is 5.97 Å². The van der Waals surface area contributed by atoms with E-state index in [1.54, 1.807) is 0 Å². The molecule has 0 spiro atoms. The van der Waals surface area contributed by atoms with Crippen molar-refractivity contribution in [2.45, 2.75) is 39.5 Å². The molecule has 3 rings (SSSR count). The van der Waals surface area contributed by atoms with Gasteiger partial charge in [0.1, 0.15) is 22.5 Å². The van der Waals surface area contributed by atoms with Crippen molar-refractivity contribution < 1.29 is 14.6 Å². The third-order valence-electron chi connectivity index (χ3n) is 4.51. The number of aromatic nitrogens is 3. The molecule has 6 nitrogen and oxygen atoms in total. The molecule has 2 aromatic carbocycles. The Bertz CT molecular complexity index is 1050. The summed E-state index contributed by atoms with van der Waals surface area (Å²) >= 11 is 0. The van der Waals surface area contributed by atoms with E-state index >= 15 is 0 Å². The van der Waals surface area contributed by atoms with E-state index in [2.05, 4.69) is 16.8 Å². The van der Waals surface area contributed by atoms with Gasteiger partial charge < -0.3 is 9.84 Å². The number of phenolic OH excluding ortho intramolecular Hbond substituents is 1. The van der Waals surface area contributed by atoms with Crippen LogP contribution in [0.1, 0.15) is 37.5 Å². The Labute approximate surface area is 164 Å². The number of hydrogen-bond donors (Lipinski definition) is 1. The zero-order valence-corrected chi connectivity index (χ0v) is 16.7. The molecule has 0 fully saturated rings. The van der Waals surface area contributed by atoms with Crippen molar-refractivity contribution >= 4 is 17.0 Å². The number of carbonyl (C=O) groups is 1. The number of rotatable bonds is 5. The van der Waals surface area contributed by atoms with Crippen LogP contribution >= 0.6 is 0 Å². The molecular weight excluding hydrogens is 354 g/mol. The lowest BCUT2D eigenvalue weighted by molar-refractivity contribution is -0.137. The van der Waals surface area contributed by atoms with E-state index in [9.17, 15) is 9.90 Å². The van der Waals surface area contributed by atoms with Crippen LogP contribution in [0.4, 0.5) is 0 Å². The lowest BCUT2D eigenvalue weighted by Crippen LogP contribution is -2.14. The van der Waals surface area contributed by atoms with Gasteiger partial charge in [-0.15, -0.1) is 15.0 Å². The fraction of sp³-hybridized carbons (Fsp3) is 0.318. The number of aromatic hydroxyl groups is 1. The molecule has 0 atom stereocenters. The summed E-state index contributed by atoms with van der Waals surface area (Å²) in [7, 11) is 0. The Morgan fingerprint density at radius 2 is 1.93 bits per heavy atom. The lowest BCUT2D eigenvalue weighted by Gasteiger charge is -2.23. The van der Waals surface area contributed by atoms with Crippen LogP contribution in [0.3, 0.4) is 0 Å². The first-order valence-electron chi connectivity index (χ1n) is 9.18. The number of esters is 1. The van der Waals surface area contributed by atoms with Crippen LogP contribution in [-0.2, 0) is 21.4 Å². The van der Waals surface area contributed by atoms with Crippen molar-refractivity contribution in [3.8, 4) is 11.4 Å². The van der Waals surface area contributed by atoms with E-state index in [1.807, 2.05) is 58.0 Å². The Balaban J connectivity index is 2.06. The summed E-state index contributed by atoms with van der Waals surface area (Å²) in [6.07, 6.45) is 1.65. The maximum Gasteiger partial charge on any atom is 0.330 e. The molecule has 0 unspecified atom stereocenters. The number of carbonyl (C=O) groups excluding carboxylic acids is 1. The zero-order chi connectivity index (χ0) is 20.5. The van der Waals surface area contributed by atoms with Crippen molar-refractivity contribution in [2.24, 2.45) is 0 Å². The molecule has 1 heterocycles. The Morgan fingerprint density at radius 1 is 1.21 bits per heavy atom. The van der Waals surface area contributed by atoms with Gasteiger partial charge in [-0.2, -0.15) is 0 Å². The molecule has 146 valence electrons. The minimum absolute atomic E-state index is 0.149. The summed E-state index contributed by atoms with van der Waals surface area (Å²) in [5.41, 5.74) is 4.55. The molecule has 28 heavy (non-hydrogen) atoms. The molecular formula is C22H25N3O3. The summed E-state index contributed by atoms with van der Waals surface area (Å²) in [6, 6.07) is 9.62. The number of phenols is 1. The highest BCUT2D eigenvalue weighted by Crippen LogP contribution is 2.36. The van der Waals surface area contributed by atoms with Gasteiger partial charge in [0, 0.05) is 18.1 Å². The number of nitrogens with zero attached hydrogens (tertiary/aromatic N) is 3. The average Bonchev–Trinajstić information content (AvgIpc) is 3.04. The number of fused-ring (bicyclic) bond motifs is 1. The highest BCUT2D eigenvalue weighted by atomic mass is 16.5. The van der Waals surface area contributed by atoms with E-state index < -0.39 is 5.97 Å². The topological polar surface area (TPSA) is 77.2 Å². The average molecular weight is 379 g/mol. The molecule has 0 radical (unpaired) electrons. The second-order valence-corrected chi connectivity index (χ2v) is 7.86. The maximum atomic E-state index is 11.3. The van der Waals surface area contributed by atoms with Crippen molar-refractivity contribution in [2.75, 3.05) is 6.61 Å². The van der Waals surface area contributed by atoms with Crippen LogP contribution in [0, 0.1) is 6.92 Å². The van der Waals surface area contributed by atoms with Gasteiger partial charge in [0.2, 0.25) is 0 Å². The molecule has 3 aromatic rings. The quantitative estimate of drug-likeness (QED) is 0.535. The highest BCUT2D eigenvalue weighted by Gasteiger charge is 2.23. The third-order valence-corrected chi connectivity index (χ3v) is 4.51. The summed E-state index contributed by atoms with van der Waals surface area (Å²) in [6.45, 7) is 11.7. The van der Waals surface area contributed by atoms with E-state index in [0.29, 0.717) is 12.1 Å². The molecule has 1 aromatic heterocycles. The van der Waals surface area contributed by atoms with Gasteiger partial charge in [-0.1, -0.05) is 39.5 Å². The van der Waals surface area contributed by atoms with Crippen LogP contribution in [-0.4, -0.2) is 32.7 Å². The SMILES string of the molecule is C=CC(=O)OCCc1cc(-n2nc3ccc(C)cc3n2)c(O)c(C(C)(C)C)c1. The summed E-state index contributed by atoms with van der Waals surface area (Å²) in [5, 5.41) is 20.0. The summed E-state index contributed by atoms with van der Waals surface area (Å²) in [5.74, 6) is -0.304. The van der Waals surface area contributed by atoms with Crippen LogP contribution in [0.5, 0.6) is 5.75 Å². The van der Waals surface area contributed by atoms with Crippen molar-refractivity contribution in [3.63, 3.8) is 0 Å². The van der Waals surface area contributed by atoms with Crippen LogP contribution < -0.4 is 0 Å². The number of benzene rings is 2. The van der Waals surface area contributed by atoms with Gasteiger partial charge in [-0.25, -0.2) is 4.79 Å². The van der Waals surface area contributed by atoms with Crippen molar-refractivity contribution in [3.05, 3.63) is 59.7 Å². The first-order chi connectivity index (χ1) is 13.2. The van der Waals surface area contributed by atoms with Crippen molar-refractivity contribution in [1.29, 1.82) is 0 Å². The zero-order valence-electron chi connectivity index (χ0n) is 16.7. The van der Waals surface area contributed by atoms with Gasteiger partial charge in [-0.05, 0) is 41.7 Å².